The van der Waals surface area contributed by atoms with Gasteiger partial charge in [-0.1, -0.05) is 11.6 Å². The molecule has 0 aromatic heterocycles. The van der Waals surface area contributed by atoms with Crippen molar-refractivity contribution in [3.8, 4) is 5.75 Å². The van der Waals surface area contributed by atoms with E-state index in [0.717, 1.165) is 6.26 Å². The van der Waals surface area contributed by atoms with Crippen LogP contribution >= 0.6 is 11.6 Å². The molecule has 0 unspecified atom stereocenters. The van der Waals surface area contributed by atoms with Crippen molar-refractivity contribution in [3.63, 3.8) is 0 Å². The van der Waals surface area contributed by atoms with E-state index in [1.54, 1.807) is 24.3 Å². The van der Waals surface area contributed by atoms with E-state index in [2.05, 4.69) is 5.32 Å². The lowest BCUT2D eigenvalue weighted by molar-refractivity contribution is 0.102. The Balaban J connectivity index is 2.27. The van der Waals surface area contributed by atoms with Gasteiger partial charge in [0, 0.05) is 11.8 Å². The number of sulfone groups is 1. The third-order valence-electron chi connectivity index (χ3n) is 2.97. The number of hydrogen-bond donors (Lipinski definition) is 1. The minimum atomic E-state index is -3.38. The van der Waals surface area contributed by atoms with Crippen LogP contribution in [0.5, 0.6) is 5.75 Å². The number of benzene rings is 2. The van der Waals surface area contributed by atoms with Gasteiger partial charge in [0.2, 0.25) is 0 Å². The molecular weight excluding hydrogens is 326 g/mol. The van der Waals surface area contributed by atoms with Crippen LogP contribution in [0.1, 0.15) is 10.4 Å². The highest BCUT2D eigenvalue weighted by Gasteiger charge is 2.13. The van der Waals surface area contributed by atoms with Crippen LogP contribution in [0.2, 0.25) is 5.02 Å². The predicted octanol–water partition coefficient (Wildman–Crippen LogP) is 3.00. The van der Waals surface area contributed by atoms with E-state index in [0.29, 0.717) is 11.3 Å². The fraction of sp³-hybridized carbons (Fsp3) is 0.133. The van der Waals surface area contributed by atoms with Gasteiger partial charge in [-0.15, -0.1) is 0 Å². The molecule has 5 nitrogen and oxygen atoms in total. The van der Waals surface area contributed by atoms with Crippen molar-refractivity contribution in [1.82, 2.24) is 0 Å². The molecule has 22 heavy (non-hydrogen) atoms. The van der Waals surface area contributed by atoms with E-state index in [4.69, 9.17) is 16.3 Å². The molecular formula is C15H14ClNO4S. The maximum atomic E-state index is 12.2. The molecule has 1 amide bonds. The highest BCUT2D eigenvalue weighted by Crippen LogP contribution is 2.26. The number of nitrogens with one attached hydrogen (secondary N) is 1. The highest BCUT2D eigenvalue weighted by molar-refractivity contribution is 7.90. The molecule has 0 saturated carbocycles. The second-order valence-corrected chi connectivity index (χ2v) is 7.02. The monoisotopic (exact) mass is 339 g/mol. The van der Waals surface area contributed by atoms with Gasteiger partial charge in [0.1, 0.15) is 5.75 Å². The van der Waals surface area contributed by atoms with Crippen molar-refractivity contribution < 1.29 is 17.9 Å². The third-order valence-corrected chi connectivity index (χ3v) is 4.41. The Labute approximate surface area is 133 Å². The van der Waals surface area contributed by atoms with Crippen LogP contribution in [0, 0.1) is 0 Å². The van der Waals surface area contributed by atoms with E-state index in [-0.39, 0.29) is 15.6 Å². The predicted molar refractivity (Wildman–Crippen MR) is 85.5 cm³/mol. The zero-order valence-corrected chi connectivity index (χ0v) is 13.5. The van der Waals surface area contributed by atoms with Crippen LogP contribution in [0.15, 0.2) is 47.4 Å². The van der Waals surface area contributed by atoms with Crippen molar-refractivity contribution in [1.29, 1.82) is 0 Å². The van der Waals surface area contributed by atoms with Gasteiger partial charge in [-0.05, 0) is 42.5 Å². The summed E-state index contributed by atoms with van der Waals surface area (Å²) in [6.07, 6.45) is 1.09. The van der Waals surface area contributed by atoms with Crippen molar-refractivity contribution in [3.05, 3.63) is 53.1 Å². The van der Waals surface area contributed by atoms with E-state index in [1.165, 1.54) is 25.3 Å². The molecule has 116 valence electrons. The molecule has 0 aliphatic rings. The SMILES string of the molecule is COc1ccc(C(=O)Nc2cc(S(C)(=O)=O)ccc2Cl)cc1. The second kappa shape index (κ2) is 6.37. The average molecular weight is 340 g/mol. The molecule has 2 rings (SSSR count). The second-order valence-electron chi connectivity index (χ2n) is 4.60. The fourth-order valence-corrected chi connectivity index (χ4v) is 2.58. The Bertz CT molecular complexity index is 801. The van der Waals surface area contributed by atoms with Crippen molar-refractivity contribution in [2.24, 2.45) is 0 Å². The number of halogens is 1. The smallest absolute Gasteiger partial charge is 0.255 e. The summed E-state index contributed by atoms with van der Waals surface area (Å²) < 4.78 is 28.1. The van der Waals surface area contributed by atoms with Crippen LogP contribution in [0.4, 0.5) is 5.69 Å². The van der Waals surface area contributed by atoms with Gasteiger partial charge in [-0.3, -0.25) is 4.79 Å². The van der Waals surface area contributed by atoms with Crippen LogP contribution in [-0.4, -0.2) is 27.7 Å². The molecule has 0 aliphatic heterocycles. The number of carbonyl (C=O) groups excluding carboxylic acids is 1. The topological polar surface area (TPSA) is 72.5 Å². The first-order valence-corrected chi connectivity index (χ1v) is 8.53. The normalized spacial score (nSPS) is 11.0. The third kappa shape index (κ3) is 3.78. The van der Waals surface area contributed by atoms with Crippen LogP contribution < -0.4 is 10.1 Å². The minimum Gasteiger partial charge on any atom is -0.497 e. The summed E-state index contributed by atoms with van der Waals surface area (Å²) in [6.45, 7) is 0. The minimum absolute atomic E-state index is 0.0851. The van der Waals surface area contributed by atoms with Crippen LogP contribution in [0.3, 0.4) is 0 Å². The first-order valence-electron chi connectivity index (χ1n) is 6.26. The lowest BCUT2D eigenvalue weighted by Gasteiger charge is -2.09. The van der Waals surface area contributed by atoms with Gasteiger partial charge < -0.3 is 10.1 Å². The standard InChI is InChI=1S/C15H14ClNO4S/c1-21-11-5-3-10(4-6-11)15(18)17-14-9-12(22(2,19)20)7-8-13(14)16/h3-9H,1-2H3,(H,17,18). The number of methoxy groups -OCH3 is 1. The Kier molecular flexibility index (Phi) is 4.73. The first kappa shape index (κ1) is 16.3. The Morgan fingerprint density at radius 1 is 1.14 bits per heavy atom. The lowest BCUT2D eigenvalue weighted by atomic mass is 10.2. The molecule has 0 radical (unpaired) electrons. The summed E-state index contributed by atoms with van der Waals surface area (Å²) in [5.74, 6) is 0.240. The summed E-state index contributed by atoms with van der Waals surface area (Å²) in [6, 6.07) is 10.7. The Morgan fingerprint density at radius 2 is 1.77 bits per heavy atom. The van der Waals surface area contributed by atoms with E-state index in [1.807, 2.05) is 0 Å². The summed E-state index contributed by atoms with van der Waals surface area (Å²) >= 11 is 6.00. The summed E-state index contributed by atoms with van der Waals surface area (Å²) in [5.41, 5.74) is 0.645. The zero-order chi connectivity index (χ0) is 16.3. The van der Waals surface area contributed by atoms with Crippen LogP contribution in [0.25, 0.3) is 0 Å². The maximum Gasteiger partial charge on any atom is 0.255 e. The maximum absolute atomic E-state index is 12.2. The molecule has 0 aliphatic carbocycles. The molecule has 7 heteroatoms. The van der Waals surface area contributed by atoms with Gasteiger partial charge in [0.15, 0.2) is 9.84 Å². The zero-order valence-electron chi connectivity index (χ0n) is 12.0. The number of rotatable bonds is 4. The average Bonchev–Trinajstić information content (AvgIpc) is 2.48. The van der Waals surface area contributed by atoms with Crippen molar-refractivity contribution in [2.75, 3.05) is 18.7 Å². The molecule has 2 aromatic carbocycles. The summed E-state index contributed by atoms with van der Waals surface area (Å²) in [7, 11) is -1.84. The molecule has 0 bridgehead atoms. The Morgan fingerprint density at radius 3 is 2.32 bits per heavy atom. The number of anilines is 1. The van der Waals surface area contributed by atoms with E-state index in [9.17, 15) is 13.2 Å². The molecule has 0 atom stereocenters. The number of hydrogen-bond acceptors (Lipinski definition) is 4. The summed E-state index contributed by atoms with van der Waals surface area (Å²) in [4.78, 5) is 12.3. The van der Waals surface area contributed by atoms with Gasteiger partial charge >= 0.3 is 0 Å². The van der Waals surface area contributed by atoms with Gasteiger partial charge in [-0.25, -0.2) is 8.42 Å². The molecule has 0 fully saturated rings. The molecule has 0 spiro atoms. The fourth-order valence-electron chi connectivity index (χ4n) is 1.77. The molecule has 1 N–H and O–H groups in total. The van der Waals surface area contributed by atoms with Crippen molar-refractivity contribution in [2.45, 2.75) is 4.90 Å². The van der Waals surface area contributed by atoms with Crippen LogP contribution in [-0.2, 0) is 9.84 Å². The Hall–Kier alpha value is -2.05. The quantitative estimate of drug-likeness (QED) is 0.929. The number of ether oxygens (including phenoxy) is 1. The molecule has 0 heterocycles. The van der Waals surface area contributed by atoms with Crippen molar-refractivity contribution >= 4 is 33.0 Å². The number of amides is 1. The lowest BCUT2D eigenvalue weighted by Crippen LogP contribution is -2.12. The summed E-state index contributed by atoms with van der Waals surface area (Å²) in [5, 5.41) is 2.86. The first-order chi connectivity index (χ1) is 10.3. The van der Waals surface area contributed by atoms with Gasteiger partial charge in [0.05, 0.1) is 22.7 Å². The van der Waals surface area contributed by atoms with E-state index < -0.39 is 15.7 Å². The molecule has 0 saturated heterocycles. The molecule has 2 aromatic rings. The van der Waals surface area contributed by atoms with Gasteiger partial charge in [0.25, 0.3) is 5.91 Å². The van der Waals surface area contributed by atoms with E-state index >= 15 is 0 Å². The largest absolute Gasteiger partial charge is 0.497 e. The number of carbonyl (C=O) groups is 1. The highest BCUT2D eigenvalue weighted by atomic mass is 35.5. The van der Waals surface area contributed by atoms with Gasteiger partial charge in [-0.2, -0.15) is 0 Å².